The normalized spacial score (nSPS) is 11.1. The van der Waals surface area contributed by atoms with E-state index in [1.807, 2.05) is 50.2 Å². The Kier molecular flexibility index (Phi) is 5.71. The van der Waals surface area contributed by atoms with Gasteiger partial charge in [-0.15, -0.1) is 0 Å². The average molecular weight is 362 g/mol. The average Bonchev–Trinajstić information content (AvgIpc) is 2.68. The molecule has 5 heteroatoms. The maximum atomic E-state index is 12.3. The van der Waals surface area contributed by atoms with Crippen molar-refractivity contribution in [2.24, 2.45) is 5.10 Å². The molecule has 3 aromatic carbocycles. The van der Waals surface area contributed by atoms with Crippen molar-refractivity contribution in [1.82, 2.24) is 5.43 Å². The summed E-state index contributed by atoms with van der Waals surface area (Å²) in [4.78, 5) is 12.3. The highest BCUT2D eigenvalue weighted by atomic mass is 16.5. The molecular weight excluding hydrogens is 340 g/mol. The first-order valence-electron chi connectivity index (χ1n) is 8.74. The second kappa shape index (κ2) is 8.36. The van der Waals surface area contributed by atoms with Crippen LogP contribution in [-0.4, -0.2) is 25.3 Å². The molecule has 138 valence electrons. The summed E-state index contributed by atoms with van der Waals surface area (Å²) >= 11 is 0. The molecule has 0 heterocycles. The Morgan fingerprint density at radius 1 is 1.04 bits per heavy atom. The van der Waals surface area contributed by atoms with Crippen LogP contribution in [0.4, 0.5) is 0 Å². The minimum absolute atomic E-state index is 0.0879. The third-order valence-electron chi connectivity index (χ3n) is 4.00. The molecule has 0 aliphatic carbocycles. The van der Waals surface area contributed by atoms with Crippen LogP contribution in [0.1, 0.15) is 29.8 Å². The monoisotopic (exact) mass is 362 g/mol. The number of nitrogens with zero attached hydrogens (tertiary/aromatic N) is 1. The summed E-state index contributed by atoms with van der Waals surface area (Å²) in [5.74, 6) is 1.13. The van der Waals surface area contributed by atoms with Gasteiger partial charge in [-0.1, -0.05) is 30.3 Å². The van der Waals surface area contributed by atoms with Crippen LogP contribution in [0.2, 0.25) is 0 Å². The molecule has 5 nitrogen and oxygen atoms in total. The minimum atomic E-state index is -0.290. The topological polar surface area (TPSA) is 59.9 Å². The molecule has 27 heavy (non-hydrogen) atoms. The Hall–Kier alpha value is -3.34. The lowest BCUT2D eigenvalue weighted by Gasteiger charge is -2.10. The number of fused-ring (bicyclic) bond motifs is 1. The predicted molar refractivity (Wildman–Crippen MR) is 108 cm³/mol. The van der Waals surface area contributed by atoms with E-state index in [2.05, 4.69) is 10.5 Å². The summed E-state index contributed by atoms with van der Waals surface area (Å²) in [6.07, 6.45) is 1.69. The Balaban J connectivity index is 1.75. The van der Waals surface area contributed by atoms with Gasteiger partial charge in [0.25, 0.3) is 5.91 Å². The van der Waals surface area contributed by atoms with Gasteiger partial charge in [-0.2, -0.15) is 5.10 Å². The molecule has 0 spiro atoms. The zero-order chi connectivity index (χ0) is 19.2. The van der Waals surface area contributed by atoms with Crippen LogP contribution in [0, 0.1) is 0 Å². The minimum Gasteiger partial charge on any atom is -0.496 e. The summed E-state index contributed by atoms with van der Waals surface area (Å²) in [6, 6.07) is 18.8. The molecule has 3 aromatic rings. The van der Waals surface area contributed by atoms with Crippen molar-refractivity contribution < 1.29 is 14.3 Å². The first-order valence-corrected chi connectivity index (χ1v) is 8.74. The number of amides is 1. The van der Waals surface area contributed by atoms with E-state index < -0.39 is 0 Å². The van der Waals surface area contributed by atoms with Crippen LogP contribution in [0.3, 0.4) is 0 Å². The Morgan fingerprint density at radius 2 is 1.78 bits per heavy atom. The first-order chi connectivity index (χ1) is 13.1. The van der Waals surface area contributed by atoms with Crippen molar-refractivity contribution in [2.45, 2.75) is 20.0 Å². The Morgan fingerprint density at radius 3 is 2.48 bits per heavy atom. The van der Waals surface area contributed by atoms with Gasteiger partial charge in [-0.25, -0.2) is 5.43 Å². The van der Waals surface area contributed by atoms with Crippen LogP contribution in [0.25, 0.3) is 10.8 Å². The van der Waals surface area contributed by atoms with Crippen LogP contribution in [0.5, 0.6) is 11.5 Å². The molecule has 1 N–H and O–H groups in total. The van der Waals surface area contributed by atoms with Crippen LogP contribution < -0.4 is 14.9 Å². The molecule has 0 fully saturated rings. The summed E-state index contributed by atoms with van der Waals surface area (Å²) < 4.78 is 11.0. The number of rotatable bonds is 6. The van der Waals surface area contributed by atoms with Crippen LogP contribution in [-0.2, 0) is 0 Å². The lowest BCUT2D eigenvalue weighted by Crippen LogP contribution is -2.17. The van der Waals surface area contributed by atoms with Gasteiger partial charge in [0.1, 0.15) is 11.5 Å². The Labute approximate surface area is 158 Å². The number of benzene rings is 3. The van der Waals surface area contributed by atoms with E-state index in [0.717, 1.165) is 22.1 Å². The largest absolute Gasteiger partial charge is 0.496 e. The molecule has 0 unspecified atom stereocenters. The first kappa shape index (κ1) is 18.5. The van der Waals surface area contributed by atoms with Gasteiger partial charge in [0, 0.05) is 11.1 Å². The lowest BCUT2D eigenvalue weighted by atomic mass is 10.0. The zero-order valence-electron chi connectivity index (χ0n) is 15.6. The van der Waals surface area contributed by atoms with Gasteiger partial charge < -0.3 is 9.47 Å². The number of hydrogen-bond donors (Lipinski definition) is 1. The molecule has 3 rings (SSSR count). The molecule has 0 aromatic heterocycles. The number of nitrogens with one attached hydrogen (secondary N) is 1. The van der Waals surface area contributed by atoms with E-state index >= 15 is 0 Å². The number of methoxy groups -OCH3 is 1. The van der Waals surface area contributed by atoms with E-state index in [0.29, 0.717) is 11.3 Å². The van der Waals surface area contributed by atoms with Gasteiger partial charge in [0.05, 0.1) is 19.4 Å². The number of ether oxygens (including phenoxy) is 2. The third kappa shape index (κ3) is 4.44. The zero-order valence-corrected chi connectivity index (χ0v) is 15.6. The van der Waals surface area contributed by atoms with Crippen molar-refractivity contribution in [1.29, 1.82) is 0 Å². The molecule has 0 saturated heterocycles. The summed E-state index contributed by atoms with van der Waals surface area (Å²) in [6.45, 7) is 3.91. The fraction of sp³-hybridized carbons (Fsp3) is 0.182. The molecular formula is C22H22N2O3. The molecule has 0 aliphatic rings. The summed E-state index contributed by atoms with van der Waals surface area (Å²) in [5.41, 5.74) is 3.88. The van der Waals surface area contributed by atoms with Crippen molar-refractivity contribution in [3.8, 4) is 11.5 Å². The van der Waals surface area contributed by atoms with Crippen molar-refractivity contribution in [3.63, 3.8) is 0 Å². The van der Waals surface area contributed by atoms with E-state index in [9.17, 15) is 4.79 Å². The third-order valence-corrected chi connectivity index (χ3v) is 4.00. The van der Waals surface area contributed by atoms with Crippen molar-refractivity contribution in [3.05, 3.63) is 71.8 Å². The highest BCUT2D eigenvalue weighted by Crippen LogP contribution is 2.26. The second-order valence-electron chi connectivity index (χ2n) is 6.29. The van der Waals surface area contributed by atoms with Crippen molar-refractivity contribution >= 4 is 22.9 Å². The number of hydrazone groups is 1. The molecule has 1 amide bonds. The van der Waals surface area contributed by atoms with Crippen molar-refractivity contribution in [2.75, 3.05) is 7.11 Å². The van der Waals surface area contributed by atoms with Crippen LogP contribution in [0.15, 0.2) is 65.8 Å². The molecule has 0 bridgehead atoms. The smallest absolute Gasteiger partial charge is 0.271 e. The van der Waals surface area contributed by atoms with E-state index in [1.165, 1.54) is 0 Å². The van der Waals surface area contributed by atoms with Crippen LogP contribution >= 0.6 is 0 Å². The SMILES string of the molecule is COc1ccc2ccccc2c1/C=N\NC(=O)c1ccc(OC(C)C)cc1. The van der Waals surface area contributed by atoms with Gasteiger partial charge in [-0.05, 0) is 55.0 Å². The standard InChI is InChI=1S/C22H22N2O3/c1-15(2)27-18-11-8-17(9-12-18)22(25)24-23-14-20-19-7-5-4-6-16(19)10-13-21(20)26-3/h4-15H,1-3H3,(H,24,25)/b23-14-. The summed E-state index contributed by atoms with van der Waals surface area (Å²) in [5, 5.41) is 6.19. The van der Waals surface area contributed by atoms with E-state index in [-0.39, 0.29) is 12.0 Å². The van der Waals surface area contributed by atoms with E-state index in [1.54, 1.807) is 37.6 Å². The number of carbonyl (C=O) groups is 1. The van der Waals surface area contributed by atoms with Gasteiger partial charge >= 0.3 is 0 Å². The molecule has 0 radical (unpaired) electrons. The summed E-state index contributed by atoms with van der Waals surface area (Å²) in [7, 11) is 1.61. The number of hydrogen-bond acceptors (Lipinski definition) is 4. The second-order valence-corrected chi connectivity index (χ2v) is 6.29. The molecule has 0 saturated carbocycles. The fourth-order valence-corrected chi connectivity index (χ4v) is 2.76. The molecule has 0 atom stereocenters. The van der Waals surface area contributed by atoms with E-state index in [4.69, 9.17) is 9.47 Å². The highest BCUT2D eigenvalue weighted by Gasteiger charge is 2.08. The molecule has 0 aliphatic heterocycles. The Bertz CT molecular complexity index is 963. The fourth-order valence-electron chi connectivity index (χ4n) is 2.76. The van der Waals surface area contributed by atoms with Gasteiger partial charge in [0.15, 0.2) is 0 Å². The predicted octanol–water partition coefficient (Wildman–Crippen LogP) is 4.40. The number of carbonyl (C=O) groups excluding carboxylic acids is 1. The van der Waals surface area contributed by atoms with Gasteiger partial charge in [0.2, 0.25) is 0 Å². The highest BCUT2D eigenvalue weighted by molar-refractivity contribution is 6.03. The lowest BCUT2D eigenvalue weighted by molar-refractivity contribution is 0.0955. The maximum Gasteiger partial charge on any atom is 0.271 e. The maximum absolute atomic E-state index is 12.3. The van der Waals surface area contributed by atoms with Gasteiger partial charge in [-0.3, -0.25) is 4.79 Å². The quantitative estimate of drug-likeness (QED) is 0.522.